The van der Waals surface area contributed by atoms with Crippen LogP contribution in [-0.2, 0) is 0 Å². The first-order valence-corrected chi connectivity index (χ1v) is 13.1. The maximum absolute atomic E-state index is 6.23. The number of benzene rings is 5. The average Bonchev–Trinajstić information content (AvgIpc) is 3.48. The van der Waals surface area contributed by atoms with E-state index in [0.29, 0.717) is 0 Å². The summed E-state index contributed by atoms with van der Waals surface area (Å²) in [5.41, 5.74) is 10.2. The lowest BCUT2D eigenvalue weighted by Gasteiger charge is -2.36. The topological polar surface area (TPSA) is 19.6 Å². The third-order valence-corrected chi connectivity index (χ3v) is 7.57. The van der Waals surface area contributed by atoms with Crippen molar-refractivity contribution in [1.82, 2.24) is 0 Å². The molecule has 3 heteroatoms. The van der Waals surface area contributed by atoms with Gasteiger partial charge in [-0.3, -0.25) is 0 Å². The van der Waals surface area contributed by atoms with Crippen molar-refractivity contribution in [1.29, 1.82) is 0 Å². The second-order valence-electron chi connectivity index (χ2n) is 9.89. The minimum atomic E-state index is -0.0527. The summed E-state index contributed by atoms with van der Waals surface area (Å²) in [5, 5.41) is 2.28. The maximum atomic E-state index is 6.23. The number of anilines is 2. The normalized spacial score (nSPS) is 15.7. The van der Waals surface area contributed by atoms with E-state index in [4.69, 9.17) is 4.42 Å². The summed E-state index contributed by atoms with van der Waals surface area (Å²) >= 11 is 0. The van der Waals surface area contributed by atoms with Crippen molar-refractivity contribution in [2.45, 2.75) is 20.0 Å². The Labute approximate surface area is 222 Å². The van der Waals surface area contributed by atoms with Crippen LogP contribution in [0.15, 0.2) is 138 Å². The van der Waals surface area contributed by atoms with Crippen LogP contribution >= 0.6 is 0 Å². The number of hydrogen-bond donors (Lipinski definition) is 0. The fraction of sp³-hybridized carbons (Fsp3) is 0.0857. The van der Waals surface area contributed by atoms with Gasteiger partial charge < -0.3 is 14.2 Å². The van der Waals surface area contributed by atoms with Crippen LogP contribution < -0.4 is 9.80 Å². The molecule has 0 radical (unpaired) electrons. The van der Waals surface area contributed by atoms with Crippen LogP contribution in [0.2, 0.25) is 0 Å². The Morgan fingerprint density at radius 3 is 1.95 bits per heavy atom. The molecule has 3 nitrogen and oxygen atoms in total. The van der Waals surface area contributed by atoms with Crippen LogP contribution in [0.25, 0.3) is 27.6 Å². The first kappa shape index (κ1) is 22.4. The van der Waals surface area contributed by atoms with Gasteiger partial charge in [-0.05, 0) is 60.9 Å². The molecule has 38 heavy (non-hydrogen) atoms. The van der Waals surface area contributed by atoms with Gasteiger partial charge in [-0.25, -0.2) is 0 Å². The lowest BCUT2D eigenvalue weighted by atomic mass is 10.0. The SMILES string of the molecule is CC1=C(c2ccccc2)N(c2ccccc2)C(c2ccccc2)N1c1cc2c(cc1C)oc1ccccc12. The predicted octanol–water partition coefficient (Wildman–Crippen LogP) is 9.31. The second-order valence-corrected chi connectivity index (χ2v) is 9.89. The predicted molar refractivity (Wildman–Crippen MR) is 158 cm³/mol. The third kappa shape index (κ3) is 3.51. The molecule has 1 unspecified atom stereocenters. The number of rotatable bonds is 4. The Bertz CT molecular complexity index is 1790. The van der Waals surface area contributed by atoms with E-state index in [0.717, 1.165) is 27.6 Å². The summed E-state index contributed by atoms with van der Waals surface area (Å²) in [6, 6.07) is 45.1. The highest BCUT2D eigenvalue weighted by atomic mass is 16.3. The van der Waals surface area contributed by atoms with Crippen LogP contribution in [0.4, 0.5) is 11.4 Å². The lowest BCUT2D eigenvalue weighted by Crippen LogP contribution is -2.33. The van der Waals surface area contributed by atoms with E-state index in [1.807, 2.05) is 12.1 Å². The van der Waals surface area contributed by atoms with Crippen molar-refractivity contribution in [3.05, 3.63) is 150 Å². The van der Waals surface area contributed by atoms with E-state index in [1.54, 1.807) is 0 Å². The van der Waals surface area contributed by atoms with Crippen molar-refractivity contribution in [2.24, 2.45) is 0 Å². The zero-order chi connectivity index (χ0) is 25.6. The molecule has 0 aliphatic carbocycles. The van der Waals surface area contributed by atoms with Crippen molar-refractivity contribution in [3.8, 4) is 0 Å². The first-order valence-electron chi connectivity index (χ1n) is 13.1. The molecular weight excluding hydrogens is 464 g/mol. The number of hydrogen-bond acceptors (Lipinski definition) is 3. The van der Waals surface area contributed by atoms with Crippen LogP contribution in [-0.4, -0.2) is 0 Å². The largest absolute Gasteiger partial charge is 0.456 e. The molecule has 0 saturated carbocycles. The molecule has 0 N–H and O–H groups in total. The molecule has 0 fully saturated rings. The van der Waals surface area contributed by atoms with E-state index in [-0.39, 0.29) is 6.17 Å². The molecule has 5 aromatic carbocycles. The summed E-state index contributed by atoms with van der Waals surface area (Å²) in [6.45, 7) is 4.43. The molecule has 1 atom stereocenters. The van der Waals surface area contributed by atoms with Gasteiger partial charge in [0.2, 0.25) is 0 Å². The van der Waals surface area contributed by atoms with E-state index in [1.165, 1.54) is 33.8 Å². The highest BCUT2D eigenvalue weighted by Gasteiger charge is 2.40. The highest BCUT2D eigenvalue weighted by molar-refractivity contribution is 6.07. The van der Waals surface area contributed by atoms with Crippen molar-refractivity contribution >= 4 is 39.0 Å². The molecule has 0 spiro atoms. The number of para-hydroxylation sites is 2. The zero-order valence-corrected chi connectivity index (χ0v) is 21.5. The molecule has 0 saturated heterocycles. The summed E-state index contributed by atoms with van der Waals surface area (Å²) in [4.78, 5) is 4.98. The van der Waals surface area contributed by atoms with Crippen LogP contribution in [0.1, 0.15) is 29.8 Å². The van der Waals surface area contributed by atoms with Gasteiger partial charge in [-0.2, -0.15) is 0 Å². The number of nitrogens with zero attached hydrogens (tertiary/aromatic N) is 2. The smallest absolute Gasteiger partial charge is 0.137 e. The van der Waals surface area contributed by atoms with Crippen LogP contribution in [0.5, 0.6) is 0 Å². The molecule has 1 aliphatic rings. The summed E-state index contributed by atoms with van der Waals surface area (Å²) < 4.78 is 6.23. The Morgan fingerprint density at radius 2 is 1.21 bits per heavy atom. The standard InChI is InChI=1S/C35H28N2O/c1-24-22-33-30(29-20-12-13-21-32(29)38-33)23-31(24)36-25(2)34(26-14-6-3-7-15-26)37(28-18-10-5-11-19-28)35(36)27-16-8-4-9-17-27/h3-23,35H,1-2H3. The van der Waals surface area contributed by atoms with Crippen LogP contribution in [0, 0.1) is 6.92 Å². The lowest BCUT2D eigenvalue weighted by molar-refractivity contribution is 0.668. The number of furan rings is 1. The van der Waals surface area contributed by atoms with Gasteiger partial charge in [0.05, 0.1) is 5.70 Å². The molecular formula is C35H28N2O. The summed E-state index contributed by atoms with van der Waals surface area (Å²) in [7, 11) is 0. The van der Waals surface area contributed by atoms with Crippen LogP contribution in [0.3, 0.4) is 0 Å². The summed E-state index contributed by atoms with van der Waals surface area (Å²) in [5.74, 6) is 0. The van der Waals surface area contributed by atoms with E-state index in [9.17, 15) is 0 Å². The molecule has 0 amide bonds. The van der Waals surface area contributed by atoms with E-state index < -0.39 is 0 Å². The molecule has 6 aromatic rings. The van der Waals surface area contributed by atoms with Gasteiger partial charge in [-0.1, -0.05) is 97.1 Å². The van der Waals surface area contributed by atoms with Gasteiger partial charge in [0.15, 0.2) is 0 Å². The molecule has 1 aliphatic heterocycles. The minimum absolute atomic E-state index is 0.0527. The summed E-state index contributed by atoms with van der Waals surface area (Å²) in [6.07, 6.45) is -0.0527. The Hall–Kier alpha value is -4.76. The van der Waals surface area contributed by atoms with Gasteiger partial charge in [-0.15, -0.1) is 0 Å². The van der Waals surface area contributed by atoms with Crippen molar-refractivity contribution in [2.75, 3.05) is 9.80 Å². The number of fused-ring (bicyclic) bond motifs is 3. The van der Waals surface area contributed by atoms with Gasteiger partial charge in [0.1, 0.15) is 17.3 Å². The third-order valence-electron chi connectivity index (χ3n) is 7.57. The van der Waals surface area contributed by atoms with Crippen molar-refractivity contribution < 1.29 is 4.42 Å². The number of allylic oxidation sites excluding steroid dienone is 1. The second kappa shape index (κ2) is 8.97. The minimum Gasteiger partial charge on any atom is -0.456 e. The molecule has 184 valence electrons. The molecule has 7 rings (SSSR count). The Balaban J connectivity index is 1.53. The molecule has 0 bridgehead atoms. The molecule has 1 aromatic heterocycles. The van der Waals surface area contributed by atoms with Gasteiger partial charge in [0, 0.05) is 27.8 Å². The fourth-order valence-corrected chi connectivity index (χ4v) is 5.87. The molecule has 2 heterocycles. The van der Waals surface area contributed by atoms with Crippen molar-refractivity contribution in [3.63, 3.8) is 0 Å². The van der Waals surface area contributed by atoms with Gasteiger partial charge >= 0.3 is 0 Å². The fourth-order valence-electron chi connectivity index (χ4n) is 5.87. The van der Waals surface area contributed by atoms with E-state index >= 15 is 0 Å². The monoisotopic (exact) mass is 492 g/mol. The maximum Gasteiger partial charge on any atom is 0.137 e. The Morgan fingerprint density at radius 1 is 0.579 bits per heavy atom. The first-order chi connectivity index (χ1) is 18.7. The van der Waals surface area contributed by atoms with E-state index in [2.05, 4.69) is 139 Å². The average molecular weight is 493 g/mol. The number of aryl methyl sites for hydroxylation is 1. The highest BCUT2D eigenvalue weighted by Crippen LogP contribution is 2.50. The zero-order valence-electron chi connectivity index (χ0n) is 21.5. The quantitative estimate of drug-likeness (QED) is 0.244. The van der Waals surface area contributed by atoms with Gasteiger partial charge in [0.25, 0.3) is 0 Å². The Kier molecular flexibility index (Phi) is 5.29.